The fourth-order valence-corrected chi connectivity index (χ4v) is 7.72. The van der Waals surface area contributed by atoms with E-state index in [1.54, 1.807) is 85.7 Å². The van der Waals surface area contributed by atoms with Crippen LogP contribution in [-0.2, 0) is 61.9 Å². The molecule has 0 aromatic heterocycles. The number of aliphatic hydroxyl groups excluding tert-OH is 1. The Hall–Kier alpha value is -3.09. The summed E-state index contributed by atoms with van der Waals surface area (Å²) in [6.45, 7) is 11.6. The quantitative estimate of drug-likeness (QED) is 0.165. The van der Waals surface area contributed by atoms with E-state index < -0.39 is 115 Å². The van der Waals surface area contributed by atoms with Gasteiger partial charge in [-0.1, -0.05) is 39.0 Å². The van der Waals surface area contributed by atoms with E-state index in [9.17, 15) is 34.2 Å². The number of carbonyl (C=O) groups excluding carboxylic acids is 5. The standard InChI is InChI=1S/C41H65NO15/c1-11-30(45)54-29-21-32(47)51-24(4)16-14-13-15-17-28(44)23(3)20-27(18-19-43)37(38(29)50-10)57-40-35(48)34(42(8)9)36(25(5)53-40)56-33-22-41(7,49)39(26(6)52-33)55-31(46)12-2/h13-15,17,19,23-27,29,33-40,48-49H,11-12,16,18,20-22H2,1-10H3/b14-13+,17-15+/t23-,24-,25-,26+,27+,29-,33+,34-,35-,36-,37+,38-,39+,40+,41-/m1/s1. The van der Waals surface area contributed by atoms with Crippen LogP contribution in [0.5, 0.6) is 0 Å². The summed E-state index contributed by atoms with van der Waals surface area (Å²) in [6.07, 6.45) is -4.01. The Morgan fingerprint density at radius 2 is 1.63 bits per heavy atom. The summed E-state index contributed by atoms with van der Waals surface area (Å²) in [5.41, 5.74) is -1.50. The highest BCUT2D eigenvalue weighted by Gasteiger charge is 2.53. The number of hydrogen-bond donors (Lipinski definition) is 2. The van der Waals surface area contributed by atoms with E-state index in [0.29, 0.717) is 12.7 Å². The second kappa shape index (κ2) is 22.3. The molecule has 3 aliphatic heterocycles. The van der Waals surface area contributed by atoms with E-state index in [4.69, 9.17) is 37.9 Å². The first-order valence-corrected chi connectivity index (χ1v) is 20.0. The smallest absolute Gasteiger partial charge is 0.309 e. The zero-order valence-electron chi connectivity index (χ0n) is 35.1. The molecule has 16 heteroatoms. The molecule has 0 aromatic carbocycles. The molecule has 3 aliphatic rings. The molecule has 0 aliphatic carbocycles. The maximum absolute atomic E-state index is 13.3. The summed E-state index contributed by atoms with van der Waals surface area (Å²) >= 11 is 0. The minimum absolute atomic E-state index is 0.0122. The summed E-state index contributed by atoms with van der Waals surface area (Å²) in [5.74, 6) is -3.31. The Kier molecular flexibility index (Phi) is 18.9. The van der Waals surface area contributed by atoms with Crippen LogP contribution in [0.1, 0.15) is 93.4 Å². The van der Waals surface area contributed by atoms with Gasteiger partial charge in [0.15, 0.2) is 24.5 Å². The molecule has 57 heavy (non-hydrogen) atoms. The topological polar surface area (TPSA) is 203 Å². The number of nitrogens with zero attached hydrogens (tertiary/aromatic N) is 1. The Morgan fingerprint density at radius 1 is 0.965 bits per heavy atom. The van der Waals surface area contributed by atoms with E-state index in [0.717, 1.165) is 0 Å². The predicted molar refractivity (Wildman–Crippen MR) is 204 cm³/mol. The lowest BCUT2D eigenvalue weighted by Crippen LogP contribution is -2.66. The van der Waals surface area contributed by atoms with Crippen molar-refractivity contribution in [2.45, 2.75) is 173 Å². The number of cyclic esters (lactones) is 1. The van der Waals surface area contributed by atoms with Crippen molar-refractivity contribution in [3.8, 4) is 0 Å². The third-order valence-electron chi connectivity index (χ3n) is 10.7. The molecule has 3 heterocycles. The van der Waals surface area contributed by atoms with Gasteiger partial charge in [0, 0.05) is 45.1 Å². The minimum Gasteiger partial charge on any atom is -0.462 e. The van der Waals surface area contributed by atoms with Gasteiger partial charge in [-0.25, -0.2) is 0 Å². The maximum Gasteiger partial charge on any atom is 0.309 e. The molecule has 0 amide bonds. The fourth-order valence-electron chi connectivity index (χ4n) is 7.72. The van der Waals surface area contributed by atoms with Crippen LogP contribution >= 0.6 is 0 Å². The van der Waals surface area contributed by atoms with Gasteiger partial charge in [0.1, 0.15) is 42.4 Å². The third kappa shape index (κ3) is 13.5. The van der Waals surface area contributed by atoms with E-state index in [1.807, 2.05) is 0 Å². The highest BCUT2D eigenvalue weighted by molar-refractivity contribution is 5.91. The second-order valence-electron chi connectivity index (χ2n) is 15.8. The normalized spacial score (nSPS) is 39.8. The van der Waals surface area contributed by atoms with Crippen LogP contribution in [0.3, 0.4) is 0 Å². The number of ether oxygens (including phenoxy) is 8. The van der Waals surface area contributed by atoms with Crippen LogP contribution in [0, 0.1) is 11.8 Å². The van der Waals surface area contributed by atoms with Gasteiger partial charge in [0.2, 0.25) is 0 Å². The minimum atomic E-state index is -1.50. The second-order valence-corrected chi connectivity index (χ2v) is 15.8. The number of likely N-dealkylation sites (N-methyl/N-ethyl adjacent to an activating group) is 1. The number of carbonyl (C=O) groups is 5. The number of rotatable bonds is 12. The summed E-state index contributed by atoms with van der Waals surface area (Å²) in [7, 11) is 4.83. The molecule has 2 fully saturated rings. The number of methoxy groups -OCH3 is 1. The largest absolute Gasteiger partial charge is 0.462 e. The highest BCUT2D eigenvalue weighted by atomic mass is 16.7. The maximum atomic E-state index is 13.3. The van der Waals surface area contributed by atoms with Gasteiger partial charge in [0.25, 0.3) is 0 Å². The van der Waals surface area contributed by atoms with Gasteiger partial charge in [-0.05, 0) is 60.2 Å². The fraction of sp³-hybridized carbons (Fsp3) is 0.780. The van der Waals surface area contributed by atoms with Crippen molar-refractivity contribution in [1.82, 2.24) is 4.90 Å². The number of aliphatic hydroxyl groups is 2. The van der Waals surface area contributed by atoms with Gasteiger partial charge in [-0.3, -0.25) is 19.2 Å². The summed E-state index contributed by atoms with van der Waals surface area (Å²) in [6, 6.07) is -0.793. The van der Waals surface area contributed by atoms with Gasteiger partial charge in [0.05, 0.1) is 30.8 Å². The molecule has 324 valence electrons. The molecule has 0 spiro atoms. The van der Waals surface area contributed by atoms with Crippen LogP contribution in [-0.4, -0.2) is 145 Å². The zero-order chi connectivity index (χ0) is 42.6. The SMILES string of the molecule is CCC(=O)O[C@@H]1CC(=O)O[C@H](C)C/C=C/C=C/C(=O)[C@H](C)C[C@H](CC=O)[C@H](O[C@@H]2O[C@H](C)[C@@H](O[C@H]3C[C@@](C)(O)[C@@H](OC(=O)CC)[C@H](C)O3)[C@H](N(C)C)[C@H]2O)[C@@H]1OC. The highest BCUT2D eigenvalue weighted by Crippen LogP contribution is 2.37. The van der Waals surface area contributed by atoms with Crippen molar-refractivity contribution in [3.63, 3.8) is 0 Å². The van der Waals surface area contributed by atoms with Crippen molar-refractivity contribution in [3.05, 3.63) is 24.3 Å². The third-order valence-corrected chi connectivity index (χ3v) is 10.7. The number of allylic oxidation sites excluding steroid dienone is 3. The Labute approximate surface area is 336 Å². The predicted octanol–water partition coefficient (Wildman–Crippen LogP) is 2.98. The number of esters is 3. The van der Waals surface area contributed by atoms with Crippen molar-refractivity contribution in [1.29, 1.82) is 0 Å². The summed E-state index contributed by atoms with van der Waals surface area (Å²) in [4.78, 5) is 65.5. The molecular formula is C41H65NO15. The zero-order valence-corrected chi connectivity index (χ0v) is 35.1. The molecular weight excluding hydrogens is 746 g/mol. The molecule has 0 unspecified atom stereocenters. The first kappa shape index (κ1) is 48.3. The monoisotopic (exact) mass is 811 g/mol. The summed E-state index contributed by atoms with van der Waals surface area (Å²) in [5, 5.41) is 23.4. The first-order chi connectivity index (χ1) is 26.9. The number of hydrogen-bond acceptors (Lipinski definition) is 16. The van der Waals surface area contributed by atoms with Crippen LogP contribution in [0.4, 0.5) is 0 Å². The van der Waals surface area contributed by atoms with E-state index >= 15 is 0 Å². The van der Waals surface area contributed by atoms with Crippen molar-refractivity contribution < 1.29 is 72.1 Å². The van der Waals surface area contributed by atoms with Gasteiger partial charge in [-0.15, -0.1) is 0 Å². The molecule has 0 bridgehead atoms. The number of aldehydes is 1. The van der Waals surface area contributed by atoms with Crippen LogP contribution in [0.15, 0.2) is 24.3 Å². The van der Waals surface area contributed by atoms with Gasteiger partial charge >= 0.3 is 17.9 Å². The molecule has 2 N–H and O–H groups in total. The van der Waals surface area contributed by atoms with Crippen molar-refractivity contribution in [2.75, 3.05) is 21.2 Å². The Bertz CT molecular complexity index is 1400. The molecule has 2 saturated heterocycles. The van der Waals surface area contributed by atoms with E-state index in [1.165, 1.54) is 13.2 Å². The van der Waals surface area contributed by atoms with Crippen molar-refractivity contribution in [2.24, 2.45) is 11.8 Å². The average molecular weight is 812 g/mol. The average Bonchev–Trinajstić information content (AvgIpc) is 3.13. The molecule has 0 aromatic rings. The van der Waals surface area contributed by atoms with Crippen LogP contribution in [0.2, 0.25) is 0 Å². The van der Waals surface area contributed by atoms with Gasteiger partial charge in [-0.2, -0.15) is 0 Å². The molecule has 15 atom stereocenters. The lowest BCUT2D eigenvalue weighted by molar-refractivity contribution is -0.344. The molecule has 3 rings (SSSR count). The molecule has 0 radical (unpaired) electrons. The lowest BCUT2D eigenvalue weighted by Gasteiger charge is -2.50. The van der Waals surface area contributed by atoms with E-state index in [2.05, 4.69) is 0 Å². The van der Waals surface area contributed by atoms with Crippen molar-refractivity contribution >= 4 is 30.0 Å². The van der Waals surface area contributed by atoms with Gasteiger partial charge < -0.3 is 57.8 Å². The van der Waals surface area contributed by atoms with Crippen LogP contribution in [0.25, 0.3) is 0 Å². The lowest BCUT2D eigenvalue weighted by atomic mass is 9.83. The van der Waals surface area contributed by atoms with Crippen LogP contribution < -0.4 is 0 Å². The molecule has 0 saturated carbocycles. The first-order valence-electron chi connectivity index (χ1n) is 20.0. The van der Waals surface area contributed by atoms with E-state index in [-0.39, 0.29) is 37.9 Å². The summed E-state index contributed by atoms with van der Waals surface area (Å²) < 4.78 is 48.4. The Balaban J connectivity index is 2.02. The number of ketones is 1. The Morgan fingerprint density at radius 3 is 2.23 bits per heavy atom. The molecule has 16 nitrogen and oxygen atoms in total.